The first-order valence-corrected chi connectivity index (χ1v) is 26.8. The van der Waals surface area contributed by atoms with Gasteiger partial charge in [0.25, 0.3) is 0 Å². The average molecular weight is 996 g/mol. The third-order valence-corrected chi connectivity index (χ3v) is 17.2. The lowest BCUT2D eigenvalue weighted by molar-refractivity contribution is 0.436. The quantitative estimate of drug-likeness (QED) is 0.172. The number of ether oxygens (including phenoxy) is 2. The Kier molecular flexibility index (Phi) is 8.94. The van der Waals surface area contributed by atoms with E-state index in [1.165, 1.54) is 44.5 Å². The maximum absolute atomic E-state index is 6.77. The van der Waals surface area contributed by atoms with Gasteiger partial charge in [0, 0.05) is 55.4 Å². The second kappa shape index (κ2) is 16.2. The van der Waals surface area contributed by atoms with E-state index in [1.807, 2.05) is 6.07 Å². The molecule has 0 fully saturated rings. The molecular formula is C74H45NO3. The first-order chi connectivity index (χ1) is 38.7. The van der Waals surface area contributed by atoms with Crippen molar-refractivity contribution in [2.24, 2.45) is 0 Å². The predicted octanol–water partition coefficient (Wildman–Crippen LogP) is 19.3. The summed E-state index contributed by atoms with van der Waals surface area (Å²) in [6, 6.07) is 99.2. The van der Waals surface area contributed by atoms with E-state index in [0.29, 0.717) is 0 Å². The smallest absolute Gasteiger partial charge is 0.143 e. The van der Waals surface area contributed by atoms with Crippen LogP contribution in [0.3, 0.4) is 0 Å². The number of fused-ring (bicyclic) bond motifs is 21. The number of hydrogen-bond donors (Lipinski definition) is 0. The minimum atomic E-state index is -0.640. The molecule has 17 rings (SSSR count). The van der Waals surface area contributed by atoms with Gasteiger partial charge in [0.05, 0.1) is 22.2 Å². The third-order valence-electron chi connectivity index (χ3n) is 17.2. The fraction of sp³-hybridized carbons (Fsp3) is 0.0270. The summed E-state index contributed by atoms with van der Waals surface area (Å²) in [7, 11) is 0. The SMILES string of the molecule is c1ccc2c(c1)Oc1ccccc1C21c2ccccc2-c2cc(-c3ccccc3N(c3ccc(-c4cccc5c4oc4ccccc45)cc3)c3cccc4c3-c3ccccc3C43c4ccccc4Oc4ccccc43)ccc21. The van der Waals surface area contributed by atoms with Gasteiger partial charge >= 0.3 is 0 Å². The summed E-state index contributed by atoms with van der Waals surface area (Å²) < 4.78 is 20.1. The van der Waals surface area contributed by atoms with Gasteiger partial charge in [-0.2, -0.15) is 0 Å². The van der Waals surface area contributed by atoms with E-state index in [1.54, 1.807) is 0 Å². The molecule has 3 heterocycles. The number of hydrogen-bond acceptors (Lipinski definition) is 4. The van der Waals surface area contributed by atoms with Crippen molar-refractivity contribution in [2.45, 2.75) is 10.8 Å². The summed E-state index contributed by atoms with van der Waals surface area (Å²) in [5, 5.41) is 2.23. The largest absolute Gasteiger partial charge is 0.457 e. The number of rotatable bonds is 5. The number of anilines is 3. The molecule has 0 atom stereocenters. The van der Waals surface area contributed by atoms with Crippen molar-refractivity contribution in [1.29, 1.82) is 0 Å². The Bertz CT molecular complexity index is 4570. The molecule has 2 aliphatic heterocycles. The lowest BCUT2D eigenvalue weighted by Gasteiger charge is -2.39. The van der Waals surface area contributed by atoms with Crippen molar-refractivity contribution < 1.29 is 13.9 Å². The Labute approximate surface area is 451 Å². The summed E-state index contributed by atoms with van der Waals surface area (Å²) in [6.07, 6.45) is 0. The van der Waals surface area contributed by atoms with E-state index in [-0.39, 0.29) is 0 Å². The van der Waals surface area contributed by atoms with Gasteiger partial charge in [-0.1, -0.05) is 212 Å². The Hall–Kier alpha value is -10.2. The molecule has 78 heavy (non-hydrogen) atoms. The second-order valence-electron chi connectivity index (χ2n) is 20.9. The monoisotopic (exact) mass is 995 g/mol. The van der Waals surface area contributed by atoms with Gasteiger partial charge in [-0.15, -0.1) is 0 Å². The zero-order valence-electron chi connectivity index (χ0n) is 42.2. The molecule has 4 heteroatoms. The highest BCUT2D eigenvalue weighted by atomic mass is 16.5. The third kappa shape index (κ3) is 5.68. The van der Waals surface area contributed by atoms with Crippen LogP contribution in [-0.2, 0) is 10.8 Å². The average Bonchev–Trinajstić information content (AvgIpc) is 3.06. The highest BCUT2D eigenvalue weighted by molar-refractivity contribution is 6.10. The zero-order chi connectivity index (χ0) is 51.1. The van der Waals surface area contributed by atoms with E-state index >= 15 is 0 Å². The minimum absolute atomic E-state index is 0.564. The van der Waals surface area contributed by atoms with Gasteiger partial charge in [0.15, 0.2) is 0 Å². The molecule has 13 aromatic rings. The molecule has 2 spiro atoms. The van der Waals surface area contributed by atoms with Gasteiger partial charge in [0.1, 0.15) is 34.2 Å². The molecule has 0 unspecified atom stereocenters. The molecule has 0 bridgehead atoms. The minimum Gasteiger partial charge on any atom is -0.457 e. The number of benzene rings is 12. The lowest BCUT2D eigenvalue weighted by Crippen LogP contribution is -2.32. The van der Waals surface area contributed by atoms with Crippen LogP contribution >= 0.6 is 0 Å². The van der Waals surface area contributed by atoms with Crippen LogP contribution in [0.4, 0.5) is 17.1 Å². The van der Waals surface area contributed by atoms with Gasteiger partial charge < -0.3 is 18.8 Å². The fourth-order valence-electron chi connectivity index (χ4n) is 14.2. The molecule has 4 aliphatic rings. The fourth-order valence-corrected chi connectivity index (χ4v) is 14.2. The number of furan rings is 1. The molecule has 2 aliphatic carbocycles. The standard InChI is InChI=1S/C74H45NO3/c1-5-25-56-51(20-1)55-45-47(41-44-58(55)73(56)59-27-7-13-35-67(59)76-68-36-14-8-28-60(68)73)49-19-3-11-32-64(49)75(48-42-39-46(40-43-48)50-23-17-24-53-52-21-4-12-34-66(52)78-72(50)53)65-33-18-31-63-71(65)54-22-2-6-26-57(54)74(63)61-29-9-15-37-69(61)77-70-38-16-10-30-62(70)74/h1-45H. The predicted molar refractivity (Wildman–Crippen MR) is 314 cm³/mol. The summed E-state index contributed by atoms with van der Waals surface area (Å²) >= 11 is 0. The molecule has 364 valence electrons. The van der Waals surface area contributed by atoms with Crippen molar-refractivity contribution in [3.8, 4) is 67.5 Å². The Morgan fingerprint density at radius 3 is 1.40 bits per heavy atom. The summed E-state index contributed by atoms with van der Waals surface area (Å²) in [5.74, 6) is 3.51. The Balaban J connectivity index is 0.905. The molecule has 0 saturated carbocycles. The second-order valence-corrected chi connectivity index (χ2v) is 20.9. The number of para-hydroxylation sites is 7. The highest BCUT2D eigenvalue weighted by Gasteiger charge is 2.53. The Morgan fingerprint density at radius 1 is 0.282 bits per heavy atom. The van der Waals surface area contributed by atoms with Crippen molar-refractivity contribution in [1.82, 2.24) is 0 Å². The van der Waals surface area contributed by atoms with Crippen LogP contribution in [0, 0.1) is 0 Å². The molecule has 0 radical (unpaired) electrons. The first kappa shape index (κ1) is 43.1. The molecule has 0 amide bonds. The summed E-state index contributed by atoms with van der Waals surface area (Å²) in [5.41, 5.74) is 22.5. The first-order valence-electron chi connectivity index (χ1n) is 26.8. The van der Waals surface area contributed by atoms with Crippen LogP contribution in [0.15, 0.2) is 277 Å². The Morgan fingerprint density at radius 2 is 0.731 bits per heavy atom. The van der Waals surface area contributed by atoms with Crippen LogP contribution < -0.4 is 14.4 Å². The summed E-state index contributed by atoms with van der Waals surface area (Å²) in [6.45, 7) is 0. The van der Waals surface area contributed by atoms with Crippen LogP contribution in [-0.4, -0.2) is 0 Å². The van der Waals surface area contributed by atoms with Crippen LogP contribution in [0.5, 0.6) is 23.0 Å². The van der Waals surface area contributed by atoms with E-state index in [4.69, 9.17) is 13.9 Å². The van der Waals surface area contributed by atoms with Gasteiger partial charge in [0.2, 0.25) is 0 Å². The lowest BCUT2D eigenvalue weighted by atomic mass is 9.66. The van der Waals surface area contributed by atoms with E-state index in [9.17, 15) is 0 Å². The van der Waals surface area contributed by atoms with Crippen molar-refractivity contribution in [3.05, 3.63) is 317 Å². The topological polar surface area (TPSA) is 34.8 Å². The molecule has 0 saturated heterocycles. The van der Waals surface area contributed by atoms with Gasteiger partial charge in [-0.05, 0) is 111 Å². The van der Waals surface area contributed by atoms with E-state index < -0.39 is 10.8 Å². The van der Waals surface area contributed by atoms with Crippen molar-refractivity contribution in [2.75, 3.05) is 4.90 Å². The van der Waals surface area contributed by atoms with Crippen molar-refractivity contribution in [3.63, 3.8) is 0 Å². The van der Waals surface area contributed by atoms with Crippen LogP contribution in [0.1, 0.15) is 44.5 Å². The van der Waals surface area contributed by atoms with Crippen molar-refractivity contribution >= 4 is 39.0 Å². The van der Waals surface area contributed by atoms with E-state index in [0.717, 1.165) is 107 Å². The van der Waals surface area contributed by atoms with Crippen LogP contribution in [0.25, 0.3) is 66.4 Å². The number of nitrogens with zero attached hydrogens (tertiary/aromatic N) is 1. The summed E-state index contributed by atoms with van der Waals surface area (Å²) in [4.78, 5) is 2.50. The van der Waals surface area contributed by atoms with Crippen LogP contribution in [0.2, 0.25) is 0 Å². The maximum Gasteiger partial charge on any atom is 0.143 e. The maximum atomic E-state index is 6.77. The molecule has 12 aromatic carbocycles. The molecule has 1 aromatic heterocycles. The highest BCUT2D eigenvalue weighted by Crippen LogP contribution is 2.66. The van der Waals surface area contributed by atoms with Gasteiger partial charge in [-0.3, -0.25) is 0 Å². The zero-order valence-corrected chi connectivity index (χ0v) is 42.2. The van der Waals surface area contributed by atoms with Gasteiger partial charge in [-0.25, -0.2) is 0 Å². The molecule has 0 N–H and O–H groups in total. The van der Waals surface area contributed by atoms with E-state index in [2.05, 4.69) is 272 Å². The normalized spacial score (nSPS) is 14.1. The molecule has 4 nitrogen and oxygen atoms in total. The molecular weight excluding hydrogens is 951 g/mol.